The van der Waals surface area contributed by atoms with Gasteiger partial charge >= 0.3 is 0 Å². The standard InChI is InChI=1S/C17H14O3/c1-20-16-9-7-14(8-10-16)17(15(11-18)12-19)13-5-3-2-4-6-13/h2-12H,1H3. The van der Waals surface area contributed by atoms with Gasteiger partial charge in [0.25, 0.3) is 0 Å². The minimum atomic E-state index is 0.126. The third kappa shape index (κ3) is 2.83. The molecule has 0 aliphatic heterocycles. The highest BCUT2D eigenvalue weighted by atomic mass is 16.5. The average molecular weight is 266 g/mol. The van der Waals surface area contributed by atoms with Gasteiger partial charge in [-0.05, 0) is 23.3 Å². The Labute approximate surface area is 117 Å². The molecule has 0 atom stereocenters. The predicted octanol–water partition coefficient (Wildman–Crippen LogP) is 2.89. The van der Waals surface area contributed by atoms with E-state index in [-0.39, 0.29) is 5.57 Å². The van der Waals surface area contributed by atoms with Crippen molar-refractivity contribution in [1.29, 1.82) is 0 Å². The lowest BCUT2D eigenvalue weighted by molar-refractivity contribution is -0.109. The molecule has 100 valence electrons. The molecule has 0 aromatic heterocycles. The zero-order valence-electron chi connectivity index (χ0n) is 11.1. The van der Waals surface area contributed by atoms with Crippen LogP contribution in [0, 0.1) is 0 Å². The lowest BCUT2D eigenvalue weighted by Gasteiger charge is -2.10. The number of ether oxygens (including phenoxy) is 1. The van der Waals surface area contributed by atoms with Gasteiger partial charge in [0.1, 0.15) is 5.75 Å². The topological polar surface area (TPSA) is 43.4 Å². The van der Waals surface area contributed by atoms with Crippen molar-refractivity contribution in [2.45, 2.75) is 0 Å². The van der Waals surface area contributed by atoms with E-state index in [1.165, 1.54) is 0 Å². The van der Waals surface area contributed by atoms with E-state index in [4.69, 9.17) is 4.74 Å². The second-order valence-corrected chi connectivity index (χ2v) is 4.16. The number of methoxy groups -OCH3 is 1. The number of aldehydes is 2. The Bertz CT molecular complexity index is 615. The second-order valence-electron chi connectivity index (χ2n) is 4.16. The molecule has 0 spiro atoms. The summed E-state index contributed by atoms with van der Waals surface area (Å²) in [6.07, 6.45) is 1.17. The first-order valence-electron chi connectivity index (χ1n) is 6.14. The molecule has 0 bridgehead atoms. The molecule has 2 aromatic carbocycles. The van der Waals surface area contributed by atoms with Crippen LogP contribution < -0.4 is 4.74 Å². The van der Waals surface area contributed by atoms with Gasteiger partial charge in [0.15, 0.2) is 12.6 Å². The fourth-order valence-corrected chi connectivity index (χ4v) is 2.01. The molecule has 0 saturated heterocycles. The number of hydrogen-bond donors (Lipinski definition) is 0. The molecule has 0 saturated carbocycles. The van der Waals surface area contributed by atoms with E-state index < -0.39 is 0 Å². The van der Waals surface area contributed by atoms with Crippen LogP contribution >= 0.6 is 0 Å². The largest absolute Gasteiger partial charge is 0.497 e. The van der Waals surface area contributed by atoms with Crippen LogP contribution in [-0.4, -0.2) is 19.7 Å². The summed E-state index contributed by atoms with van der Waals surface area (Å²) in [5.41, 5.74) is 2.37. The summed E-state index contributed by atoms with van der Waals surface area (Å²) in [7, 11) is 1.59. The third-order valence-corrected chi connectivity index (χ3v) is 2.98. The summed E-state index contributed by atoms with van der Waals surface area (Å²) < 4.78 is 5.11. The van der Waals surface area contributed by atoms with E-state index in [2.05, 4.69) is 0 Å². The Balaban J connectivity index is 2.60. The van der Waals surface area contributed by atoms with Crippen molar-refractivity contribution in [2.75, 3.05) is 7.11 Å². The molecule has 0 N–H and O–H groups in total. The average Bonchev–Trinajstić information content (AvgIpc) is 2.53. The van der Waals surface area contributed by atoms with Gasteiger partial charge in [-0.1, -0.05) is 42.5 Å². The Morgan fingerprint density at radius 1 is 0.850 bits per heavy atom. The lowest BCUT2D eigenvalue weighted by atomic mass is 9.94. The van der Waals surface area contributed by atoms with Gasteiger partial charge in [0.05, 0.1) is 12.7 Å². The molecular weight excluding hydrogens is 252 g/mol. The van der Waals surface area contributed by atoms with Crippen molar-refractivity contribution in [3.05, 3.63) is 71.3 Å². The van der Waals surface area contributed by atoms with E-state index in [0.717, 1.165) is 16.9 Å². The molecule has 0 heterocycles. The molecule has 0 aliphatic rings. The maximum atomic E-state index is 11.1. The first-order valence-corrected chi connectivity index (χ1v) is 6.14. The minimum Gasteiger partial charge on any atom is -0.497 e. The van der Waals surface area contributed by atoms with Crippen molar-refractivity contribution in [3.63, 3.8) is 0 Å². The Kier molecular flexibility index (Phi) is 4.45. The maximum Gasteiger partial charge on any atom is 0.153 e. The van der Waals surface area contributed by atoms with E-state index in [9.17, 15) is 9.59 Å². The van der Waals surface area contributed by atoms with E-state index in [0.29, 0.717) is 18.1 Å². The molecule has 0 radical (unpaired) electrons. The van der Waals surface area contributed by atoms with Crippen LogP contribution in [-0.2, 0) is 9.59 Å². The molecule has 3 nitrogen and oxygen atoms in total. The Morgan fingerprint density at radius 2 is 1.40 bits per heavy atom. The molecule has 0 aliphatic carbocycles. The number of hydrogen-bond acceptors (Lipinski definition) is 3. The molecule has 2 aromatic rings. The highest BCUT2D eigenvalue weighted by Gasteiger charge is 2.11. The van der Waals surface area contributed by atoms with E-state index in [1.807, 2.05) is 42.5 Å². The van der Waals surface area contributed by atoms with Crippen molar-refractivity contribution < 1.29 is 14.3 Å². The summed E-state index contributed by atoms with van der Waals surface area (Å²) >= 11 is 0. The summed E-state index contributed by atoms with van der Waals surface area (Å²) in [6.45, 7) is 0. The number of carbonyl (C=O) groups is 2. The van der Waals surface area contributed by atoms with Crippen molar-refractivity contribution in [2.24, 2.45) is 0 Å². The molecule has 2 rings (SSSR count). The molecule has 0 unspecified atom stereocenters. The van der Waals surface area contributed by atoms with E-state index in [1.54, 1.807) is 19.2 Å². The highest BCUT2D eigenvalue weighted by Crippen LogP contribution is 2.27. The highest BCUT2D eigenvalue weighted by molar-refractivity contribution is 6.11. The lowest BCUT2D eigenvalue weighted by Crippen LogP contribution is -1.97. The van der Waals surface area contributed by atoms with Crippen LogP contribution in [0.2, 0.25) is 0 Å². The zero-order valence-corrected chi connectivity index (χ0v) is 11.1. The quantitative estimate of drug-likeness (QED) is 0.362. The van der Waals surface area contributed by atoms with Gasteiger partial charge < -0.3 is 4.74 Å². The van der Waals surface area contributed by atoms with Crippen molar-refractivity contribution in [1.82, 2.24) is 0 Å². The van der Waals surface area contributed by atoms with Crippen molar-refractivity contribution in [3.8, 4) is 5.75 Å². The molecule has 3 heteroatoms. The molecule has 0 amide bonds. The van der Waals surface area contributed by atoms with E-state index >= 15 is 0 Å². The van der Waals surface area contributed by atoms with Crippen LogP contribution in [0.5, 0.6) is 5.75 Å². The van der Waals surface area contributed by atoms with Gasteiger partial charge in [-0.15, -0.1) is 0 Å². The molecule has 0 fully saturated rings. The normalized spacial score (nSPS) is 9.65. The fraction of sp³-hybridized carbons (Fsp3) is 0.0588. The smallest absolute Gasteiger partial charge is 0.153 e. The Hall–Kier alpha value is -2.68. The van der Waals surface area contributed by atoms with Crippen molar-refractivity contribution >= 4 is 18.1 Å². The predicted molar refractivity (Wildman–Crippen MR) is 77.6 cm³/mol. The first-order chi connectivity index (χ1) is 9.80. The Morgan fingerprint density at radius 3 is 1.90 bits per heavy atom. The maximum absolute atomic E-state index is 11.1. The molecule has 20 heavy (non-hydrogen) atoms. The summed E-state index contributed by atoms with van der Waals surface area (Å²) in [5.74, 6) is 0.722. The number of carbonyl (C=O) groups excluding carboxylic acids is 2. The second kappa shape index (κ2) is 6.48. The molecular formula is C17H14O3. The van der Waals surface area contributed by atoms with Gasteiger partial charge in [-0.2, -0.15) is 0 Å². The minimum absolute atomic E-state index is 0.126. The monoisotopic (exact) mass is 266 g/mol. The summed E-state index contributed by atoms with van der Waals surface area (Å²) in [5, 5.41) is 0. The van der Waals surface area contributed by atoms with Gasteiger partial charge in [-0.3, -0.25) is 9.59 Å². The van der Waals surface area contributed by atoms with Crippen LogP contribution in [0.1, 0.15) is 11.1 Å². The number of benzene rings is 2. The fourth-order valence-electron chi connectivity index (χ4n) is 2.01. The number of allylic oxidation sites excluding steroid dienone is 1. The van der Waals surface area contributed by atoms with Gasteiger partial charge in [0.2, 0.25) is 0 Å². The first kappa shape index (κ1) is 13.7. The zero-order chi connectivity index (χ0) is 14.4. The third-order valence-electron chi connectivity index (χ3n) is 2.98. The van der Waals surface area contributed by atoms with Crippen LogP contribution in [0.4, 0.5) is 0 Å². The van der Waals surface area contributed by atoms with Crippen LogP contribution in [0.3, 0.4) is 0 Å². The SMILES string of the molecule is COc1ccc(C(=C(C=O)C=O)c2ccccc2)cc1. The number of rotatable bonds is 5. The van der Waals surface area contributed by atoms with Gasteiger partial charge in [-0.25, -0.2) is 0 Å². The summed E-state index contributed by atoms with van der Waals surface area (Å²) in [6, 6.07) is 16.6. The van der Waals surface area contributed by atoms with Crippen LogP contribution in [0.25, 0.3) is 5.57 Å². The van der Waals surface area contributed by atoms with Crippen LogP contribution in [0.15, 0.2) is 60.2 Å². The van der Waals surface area contributed by atoms with Gasteiger partial charge in [0, 0.05) is 5.57 Å². The summed E-state index contributed by atoms with van der Waals surface area (Å²) in [4.78, 5) is 22.3.